The highest BCUT2D eigenvalue weighted by Crippen LogP contribution is 2.41. The van der Waals surface area contributed by atoms with Crippen molar-refractivity contribution in [3.8, 4) is 11.1 Å². The highest BCUT2D eigenvalue weighted by atomic mass is 35.5. The van der Waals surface area contributed by atoms with Crippen LogP contribution in [0, 0.1) is 0 Å². The molecule has 11 nitrogen and oxygen atoms in total. The van der Waals surface area contributed by atoms with Crippen molar-refractivity contribution in [2.45, 2.75) is 109 Å². The van der Waals surface area contributed by atoms with E-state index in [-0.39, 0.29) is 24.2 Å². The number of carbonyl (C=O) groups excluding carboxylic acids is 1. The molecule has 6 rings (SSSR count). The first-order chi connectivity index (χ1) is 22.3. The summed E-state index contributed by atoms with van der Waals surface area (Å²) in [5, 5.41) is 9.30. The van der Waals surface area contributed by atoms with Crippen LogP contribution in [0.1, 0.15) is 46.5 Å². The maximum Gasteiger partial charge on any atom is 0.407 e. The van der Waals surface area contributed by atoms with Gasteiger partial charge in [0.1, 0.15) is 23.7 Å². The van der Waals surface area contributed by atoms with Crippen LogP contribution in [0.15, 0.2) is 30.7 Å². The van der Waals surface area contributed by atoms with Crippen LogP contribution in [0.25, 0.3) is 33.2 Å². The Hall–Kier alpha value is -3.19. The van der Waals surface area contributed by atoms with Gasteiger partial charge in [0.15, 0.2) is 5.65 Å². The molecule has 2 aliphatic rings. The second-order valence-electron chi connectivity index (χ2n) is 15.1. The van der Waals surface area contributed by atoms with Crippen LogP contribution in [-0.2, 0) is 27.5 Å². The lowest BCUT2D eigenvalue weighted by atomic mass is 9.97. The van der Waals surface area contributed by atoms with Crippen molar-refractivity contribution in [1.29, 1.82) is 0 Å². The number of carbonyl (C=O) groups is 1. The fraction of sp³-hybridized carbons (Fsp3) is 0.588. The summed E-state index contributed by atoms with van der Waals surface area (Å²) in [6.07, 6.45) is 9.37. The first-order valence-corrected chi connectivity index (χ1v) is 20.7. The number of ether oxygens (including phenoxy) is 3. The predicted octanol–water partition coefficient (Wildman–Crippen LogP) is 7.08. The van der Waals surface area contributed by atoms with E-state index in [1.165, 1.54) is 0 Å². The Morgan fingerprint density at radius 1 is 1.09 bits per heavy atom. The molecular formula is C34H48ClN7O4Si. The molecule has 0 radical (unpaired) electrons. The van der Waals surface area contributed by atoms with Crippen molar-refractivity contribution in [2.75, 3.05) is 25.2 Å². The Bertz CT molecular complexity index is 1730. The average molecular weight is 682 g/mol. The molecule has 1 N–H and O–H groups in total. The molecule has 2 bridgehead atoms. The number of halogens is 1. The van der Waals surface area contributed by atoms with E-state index in [1.807, 2.05) is 50.0 Å². The number of anilines is 1. The number of nitrogens with zero attached hydrogens (tertiary/aromatic N) is 6. The van der Waals surface area contributed by atoms with Crippen LogP contribution < -0.4 is 10.2 Å². The van der Waals surface area contributed by atoms with Gasteiger partial charge in [-0.2, -0.15) is 5.10 Å². The Kier molecular flexibility index (Phi) is 9.59. The van der Waals surface area contributed by atoms with Crippen LogP contribution in [0.5, 0.6) is 0 Å². The van der Waals surface area contributed by atoms with E-state index in [9.17, 15) is 4.79 Å². The number of aromatic nitrogens is 5. The molecule has 3 atom stereocenters. The SMILES string of the molecule is COCCn1cc2c(Cl)c(-c3cn(COCC[Si](C)(C)C)c4nc(N5C6CC[C@H]5CC(NC(=O)OC(C)(C)C)C6)cnc34)ccc2n1. The highest BCUT2D eigenvalue weighted by molar-refractivity contribution is 6.76. The number of hydrogen-bond donors (Lipinski definition) is 1. The van der Waals surface area contributed by atoms with Crippen molar-refractivity contribution in [3.05, 3.63) is 35.7 Å². The largest absolute Gasteiger partial charge is 0.444 e. The first kappa shape index (κ1) is 33.7. The second-order valence-corrected chi connectivity index (χ2v) is 21.1. The topological polar surface area (TPSA) is 109 Å². The zero-order valence-electron chi connectivity index (χ0n) is 28.7. The molecule has 0 saturated carbocycles. The third-order valence-corrected chi connectivity index (χ3v) is 11.1. The molecule has 254 valence electrons. The lowest BCUT2D eigenvalue weighted by Crippen LogP contribution is -2.51. The van der Waals surface area contributed by atoms with E-state index in [0.29, 0.717) is 31.5 Å². The lowest BCUT2D eigenvalue weighted by Gasteiger charge is -2.39. The maximum atomic E-state index is 12.5. The zero-order chi connectivity index (χ0) is 33.5. The van der Waals surface area contributed by atoms with Gasteiger partial charge in [-0.3, -0.25) is 4.68 Å². The summed E-state index contributed by atoms with van der Waals surface area (Å²) < 4.78 is 20.9. The fourth-order valence-electron chi connectivity index (χ4n) is 6.76. The van der Waals surface area contributed by atoms with E-state index in [1.54, 1.807) is 7.11 Å². The number of amides is 1. The fourth-order valence-corrected chi connectivity index (χ4v) is 7.83. The van der Waals surface area contributed by atoms with Crippen LogP contribution in [-0.4, -0.2) is 82.5 Å². The Balaban J connectivity index is 1.30. The second kappa shape index (κ2) is 13.4. The van der Waals surface area contributed by atoms with Gasteiger partial charge in [0.25, 0.3) is 0 Å². The summed E-state index contributed by atoms with van der Waals surface area (Å²) in [7, 11) is 0.442. The molecule has 3 aromatic heterocycles. The lowest BCUT2D eigenvalue weighted by molar-refractivity contribution is 0.0492. The monoisotopic (exact) mass is 681 g/mol. The molecule has 2 fully saturated rings. The standard InChI is InChI=1S/C34H48ClN7O4Si/c1-34(2,3)46-33(43)37-22-16-23-8-9-24(17-22)42(23)29-18-36-31-26(19-40(32(31)38-29)21-45-14-15-47(5,6)7)25-10-11-28-27(30(25)35)20-41(39-28)12-13-44-4/h10-11,18-20,22-24H,8-9,12-17,21H2,1-7H3,(H,37,43)/t22?,23-,24?/m0/s1. The van der Waals surface area contributed by atoms with Gasteiger partial charge in [0.2, 0.25) is 0 Å². The predicted molar refractivity (Wildman–Crippen MR) is 189 cm³/mol. The van der Waals surface area contributed by atoms with Crippen LogP contribution in [0.2, 0.25) is 30.7 Å². The van der Waals surface area contributed by atoms with E-state index in [2.05, 4.69) is 45.7 Å². The van der Waals surface area contributed by atoms with Crippen molar-refractivity contribution >= 4 is 53.7 Å². The van der Waals surface area contributed by atoms with Crippen LogP contribution in [0.4, 0.5) is 10.6 Å². The smallest absolute Gasteiger partial charge is 0.407 e. The molecular weight excluding hydrogens is 634 g/mol. The van der Waals surface area contributed by atoms with Gasteiger partial charge in [-0.1, -0.05) is 37.3 Å². The van der Waals surface area contributed by atoms with Gasteiger partial charge in [0, 0.05) is 68.8 Å². The van der Waals surface area contributed by atoms with E-state index in [0.717, 1.165) is 70.7 Å². The van der Waals surface area contributed by atoms with E-state index < -0.39 is 13.7 Å². The van der Waals surface area contributed by atoms with Gasteiger partial charge in [-0.25, -0.2) is 14.8 Å². The molecule has 13 heteroatoms. The molecule has 4 aromatic rings. The number of methoxy groups -OCH3 is 1. The minimum absolute atomic E-state index is 0.0708. The number of alkyl carbamates (subject to hydrolysis) is 1. The van der Waals surface area contributed by atoms with Crippen molar-refractivity contribution in [3.63, 3.8) is 0 Å². The molecule has 0 aliphatic carbocycles. The minimum Gasteiger partial charge on any atom is -0.444 e. The summed E-state index contributed by atoms with van der Waals surface area (Å²) in [6, 6.07) is 5.71. The normalized spacial score (nSPS) is 20.0. The third kappa shape index (κ3) is 7.61. The molecule has 0 spiro atoms. The Morgan fingerprint density at radius 2 is 1.83 bits per heavy atom. The molecule has 2 aliphatic heterocycles. The molecule has 47 heavy (non-hydrogen) atoms. The van der Waals surface area contributed by atoms with Gasteiger partial charge in [-0.15, -0.1) is 0 Å². The molecule has 5 heterocycles. The summed E-state index contributed by atoms with van der Waals surface area (Å²) >= 11 is 7.08. The Labute approximate surface area is 282 Å². The summed E-state index contributed by atoms with van der Waals surface area (Å²) in [6.45, 7) is 15.0. The van der Waals surface area contributed by atoms with Crippen LogP contribution in [0.3, 0.4) is 0 Å². The number of benzene rings is 1. The summed E-state index contributed by atoms with van der Waals surface area (Å²) in [5.74, 6) is 0.856. The average Bonchev–Trinajstić information content (AvgIpc) is 3.64. The van der Waals surface area contributed by atoms with Gasteiger partial charge in [-0.05, 0) is 58.6 Å². The summed E-state index contributed by atoms with van der Waals surface area (Å²) in [4.78, 5) is 25.2. The van der Waals surface area contributed by atoms with Crippen molar-refractivity contribution in [2.24, 2.45) is 0 Å². The van der Waals surface area contributed by atoms with Gasteiger partial charge in [0.05, 0.1) is 29.9 Å². The van der Waals surface area contributed by atoms with Crippen LogP contribution >= 0.6 is 11.6 Å². The first-order valence-electron chi connectivity index (χ1n) is 16.7. The summed E-state index contributed by atoms with van der Waals surface area (Å²) in [5.41, 5.74) is 3.65. The van der Waals surface area contributed by atoms with Gasteiger partial charge >= 0.3 is 6.09 Å². The number of nitrogens with one attached hydrogen (secondary N) is 1. The maximum absolute atomic E-state index is 12.5. The van der Waals surface area contributed by atoms with Crippen molar-refractivity contribution < 1.29 is 19.0 Å². The minimum atomic E-state index is -1.24. The number of piperidine rings is 1. The molecule has 1 aromatic carbocycles. The number of fused-ring (bicyclic) bond motifs is 4. The number of rotatable bonds is 11. The number of hydrogen-bond acceptors (Lipinski definition) is 8. The zero-order valence-corrected chi connectivity index (χ0v) is 30.4. The highest BCUT2D eigenvalue weighted by Gasteiger charge is 2.42. The molecule has 2 saturated heterocycles. The Morgan fingerprint density at radius 3 is 2.51 bits per heavy atom. The van der Waals surface area contributed by atoms with E-state index in [4.69, 9.17) is 35.8 Å². The quantitative estimate of drug-likeness (QED) is 0.132. The van der Waals surface area contributed by atoms with E-state index >= 15 is 0 Å². The van der Waals surface area contributed by atoms with Gasteiger partial charge < -0.3 is 29.0 Å². The molecule has 2 unspecified atom stereocenters. The third-order valence-electron chi connectivity index (χ3n) is 8.98. The molecule has 1 amide bonds. The van der Waals surface area contributed by atoms with Crippen molar-refractivity contribution in [1.82, 2.24) is 29.6 Å².